The third-order valence-corrected chi connectivity index (χ3v) is 8.49. The molecule has 4 heteroatoms. The van der Waals surface area contributed by atoms with Crippen LogP contribution < -0.4 is 4.74 Å². The van der Waals surface area contributed by atoms with Gasteiger partial charge in [-0.15, -0.1) is 0 Å². The van der Waals surface area contributed by atoms with Gasteiger partial charge in [0.1, 0.15) is 11.5 Å². The van der Waals surface area contributed by atoms with Gasteiger partial charge in [0.15, 0.2) is 5.79 Å². The Morgan fingerprint density at radius 1 is 1.13 bits per heavy atom. The highest BCUT2D eigenvalue weighted by molar-refractivity contribution is 5.89. The van der Waals surface area contributed by atoms with E-state index < -0.39 is 5.79 Å². The number of ketones is 1. The van der Waals surface area contributed by atoms with Gasteiger partial charge in [-0.2, -0.15) is 0 Å². The fourth-order valence-electron chi connectivity index (χ4n) is 7.05. The predicted octanol–water partition coefficient (Wildman–Crippen LogP) is 5.92. The molecule has 4 nitrogen and oxygen atoms in total. The predicted molar refractivity (Wildman–Crippen MR) is 122 cm³/mol. The highest BCUT2D eigenvalue weighted by Crippen LogP contribution is 2.67. The van der Waals surface area contributed by atoms with Gasteiger partial charge >= 0.3 is 0 Å². The van der Waals surface area contributed by atoms with Gasteiger partial charge in [0.25, 0.3) is 0 Å². The van der Waals surface area contributed by atoms with Crippen LogP contribution in [0.2, 0.25) is 0 Å². The van der Waals surface area contributed by atoms with Crippen LogP contribution in [-0.4, -0.2) is 31.9 Å². The van der Waals surface area contributed by atoms with Gasteiger partial charge < -0.3 is 14.2 Å². The molecule has 1 heterocycles. The lowest BCUT2D eigenvalue weighted by Gasteiger charge is -2.56. The van der Waals surface area contributed by atoms with E-state index in [1.54, 1.807) is 7.11 Å². The number of fused-ring (bicyclic) bond motifs is 6. The summed E-state index contributed by atoms with van der Waals surface area (Å²) in [6.07, 6.45) is 5.66. The molecule has 1 spiro atoms. The first kappa shape index (κ1) is 22.8. The van der Waals surface area contributed by atoms with Crippen molar-refractivity contribution < 1.29 is 19.0 Å². The summed E-state index contributed by atoms with van der Waals surface area (Å²) in [5.41, 5.74) is 2.40. The molecule has 4 aliphatic rings. The maximum atomic E-state index is 13.7. The Morgan fingerprint density at radius 2 is 1.84 bits per heavy atom. The molecule has 4 unspecified atom stereocenters. The number of aryl methyl sites for hydroxylation is 1. The Hall–Kier alpha value is -1.39. The minimum Gasteiger partial charge on any atom is -0.497 e. The zero-order chi connectivity index (χ0) is 22.4. The van der Waals surface area contributed by atoms with Gasteiger partial charge in [-0.1, -0.05) is 40.7 Å². The van der Waals surface area contributed by atoms with Gasteiger partial charge in [0.2, 0.25) is 0 Å². The number of hydrogen-bond acceptors (Lipinski definition) is 4. The molecular weight excluding hydrogens is 388 g/mol. The van der Waals surface area contributed by atoms with E-state index in [4.69, 9.17) is 14.2 Å². The number of methoxy groups -OCH3 is 1. The molecule has 1 aliphatic heterocycles. The summed E-state index contributed by atoms with van der Waals surface area (Å²) < 4.78 is 18.5. The molecule has 0 amide bonds. The minimum absolute atomic E-state index is 0.0320. The number of carbonyl (C=O) groups excluding carboxylic acids is 1. The van der Waals surface area contributed by atoms with Gasteiger partial charge in [-0.25, -0.2) is 0 Å². The fraction of sp³-hybridized carbons (Fsp3) is 0.741. The summed E-state index contributed by atoms with van der Waals surface area (Å²) in [6.45, 7) is 12.1. The summed E-state index contributed by atoms with van der Waals surface area (Å²) in [6, 6.07) is 6.29. The van der Waals surface area contributed by atoms with Crippen molar-refractivity contribution in [3.05, 3.63) is 29.3 Å². The van der Waals surface area contributed by atoms with E-state index in [2.05, 4.69) is 32.9 Å². The molecule has 3 aliphatic carbocycles. The van der Waals surface area contributed by atoms with Crippen molar-refractivity contribution >= 4 is 5.78 Å². The highest BCUT2D eigenvalue weighted by Gasteiger charge is 2.68. The van der Waals surface area contributed by atoms with E-state index in [1.807, 2.05) is 19.9 Å². The maximum Gasteiger partial charge on any atom is 0.174 e. The largest absolute Gasteiger partial charge is 0.497 e. The molecule has 4 atom stereocenters. The lowest BCUT2D eigenvalue weighted by atomic mass is 9.52. The van der Waals surface area contributed by atoms with Crippen LogP contribution in [0.4, 0.5) is 0 Å². The smallest absolute Gasteiger partial charge is 0.174 e. The van der Waals surface area contributed by atoms with Crippen LogP contribution >= 0.6 is 0 Å². The lowest BCUT2D eigenvalue weighted by molar-refractivity contribution is -0.346. The summed E-state index contributed by atoms with van der Waals surface area (Å²) in [7, 11) is 1.71. The summed E-state index contributed by atoms with van der Waals surface area (Å²) >= 11 is 0. The maximum absolute atomic E-state index is 13.7. The molecule has 1 aromatic rings. The molecule has 5 rings (SSSR count). The molecule has 0 N–H and O–H groups in total. The number of benzene rings is 1. The molecule has 0 radical (unpaired) electrons. The first-order chi connectivity index (χ1) is 14.8. The highest BCUT2D eigenvalue weighted by atomic mass is 16.7. The van der Waals surface area contributed by atoms with Crippen molar-refractivity contribution in [3.63, 3.8) is 0 Å². The number of rotatable bonds is 2. The van der Waals surface area contributed by atoms with Gasteiger partial charge in [0, 0.05) is 29.6 Å². The standard InChI is InChI=1S/C25H34O4.C2H6/c1-5-24-13-21(26)22-18-9-7-17(27-4)12-16(18)6-8-19(22)20(24)10-11-25(24)28-14-23(2,3)15-29-25;1-2/h7,9,12,19-20,22H,5-6,8,10-11,13-15H2,1-4H3;1-2H3. The third kappa shape index (κ3) is 3.36. The molecule has 2 saturated carbocycles. The topological polar surface area (TPSA) is 44.8 Å². The average molecular weight is 429 g/mol. The third-order valence-electron chi connectivity index (χ3n) is 8.49. The van der Waals surface area contributed by atoms with Crippen LogP contribution in [0.5, 0.6) is 5.75 Å². The van der Waals surface area contributed by atoms with Crippen molar-refractivity contribution in [1.82, 2.24) is 0 Å². The van der Waals surface area contributed by atoms with E-state index >= 15 is 0 Å². The number of Topliss-reactive ketones (excluding diaryl/α,β-unsaturated/α-hetero) is 1. The van der Waals surface area contributed by atoms with Crippen LogP contribution in [0.15, 0.2) is 18.2 Å². The zero-order valence-corrected chi connectivity index (χ0v) is 20.3. The molecule has 0 bridgehead atoms. The van der Waals surface area contributed by atoms with Crippen molar-refractivity contribution in [1.29, 1.82) is 0 Å². The quantitative estimate of drug-likeness (QED) is 0.587. The van der Waals surface area contributed by atoms with E-state index in [1.165, 1.54) is 11.1 Å². The van der Waals surface area contributed by atoms with E-state index in [0.717, 1.165) is 37.9 Å². The van der Waals surface area contributed by atoms with E-state index in [0.29, 0.717) is 37.3 Å². The Morgan fingerprint density at radius 3 is 2.48 bits per heavy atom. The normalized spacial score (nSPS) is 34.8. The summed E-state index contributed by atoms with van der Waals surface area (Å²) in [5, 5.41) is 0. The number of ether oxygens (including phenoxy) is 3. The van der Waals surface area contributed by atoms with Crippen molar-refractivity contribution in [2.45, 2.75) is 84.8 Å². The first-order valence-corrected chi connectivity index (χ1v) is 12.3. The molecule has 1 saturated heterocycles. The minimum atomic E-state index is -0.567. The monoisotopic (exact) mass is 428 g/mol. The molecular formula is C27H40O4. The van der Waals surface area contributed by atoms with Crippen molar-refractivity contribution in [2.24, 2.45) is 22.7 Å². The Bertz CT molecular complexity index is 819. The van der Waals surface area contributed by atoms with Gasteiger partial charge in [-0.3, -0.25) is 4.79 Å². The molecule has 1 aromatic carbocycles. The van der Waals surface area contributed by atoms with E-state index in [9.17, 15) is 4.79 Å². The van der Waals surface area contributed by atoms with Crippen LogP contribution in [0.25, 0.3) is 0 Å². The fourth-order valence-corrected chi connectivity index (χ4v) is 7.05. The molecule has 31 heavy (non-hydrogen) atoms. The molecule has 172 valence electrons. The van der Waals surface area contributed by atoms with E-state index in [-0.39, 0.29) is 16.7 Å². The van der Waals surface area contributed by atoms with Crippen molar-refractivity contribution in [3.8, 4) is 5.75 Å². The Kier molecular flexibility index (Phi) is 6.02. The second kappa shape index (κ2) is 8.19. The SMILES string of the molecule is CC.CCC12CC(=O)C3c4ccc(OC)cc4CCC3C1CCC21OCC(C)(C)CO1. The van der Waals surface area contributed by atoms with Crippen molar-refractivity contribution in [2.75, 3.05) is 20.3 Å². The van der Waals surface area contributed by atoms with Crippen LogP contribution in [0.1, 0.15) is 83.8 Å². The molecule has 0 aromatic heterocycles. The lowest BCUT2D eigenvalue weighted by Crippen LogP contribution is -2.60. The van der Waals surface area contributed by atoms with Gasteiger partial charge in [0.05, 0.1) is 20.3 Å². The first-order valence-electron chi connectivity index (χ1n) is 12.3. The zero-order valence-electron chi connectivity index (χ0n) is 20.3. The van der Waals surface area contributed by atoms with Crippen LogP contribution in [0, 0.1) is 22.7 Å². The van der Waals surface area contributed by atoms with Gasteiger partial charge in [-0.05, 0) is 60.8 Å². The second-order valence-corrected chi connectivity index (χ2v) is 10.5. The molecule has 3 fully saturated rings. The summed E-state index contributed by atoms with van der Waals surface area (Å²) in [5.74, 6) is 1.63. The number of hydrogen-bond donors (Lipinski definition) is 0. The van der Waals surface area contributed by atoms with Crippen LogP contribution in [0.3, 0.4) is 0 Å². The Balaban J connectivity index is 0.00000112. The average Bonchev–Trinajstić information content (AvgIpc) is 3.10. The van der Waals surface area contributed by atoms with Crippen LogP contribution in [-0.2, 0) is 20.7 Å². The number of carbonyl (C=O) groups is 1. The Labute approximate surface area is 188 Å². The second-order valence-electron chi connectivity index (χ2n) is 10.5. The summed E-state index contributed by atoms with van der Waals surface area (Å²) in [4.78, 5) is 13.7.